The van der Waals surface area contributed by atoms with Crippen LogP contribution in [0.1, 0.15) is 230 Å². The Morgan fingerprint density at radius 1 is 0.567 bits per heavy atom. The largest absolute Gasteiger partial charge is 0.482 e. The second-order valence-electron chi connectivity index (χ2n) is 20.5. The molecule has 3 aromatic carbocycles. The van der Waals surface area contributed by atoms with Crippen LogP contribution in [0.2, 0.25) is 0 Å². The van der Waals surface area contributed by atoms with Crippen molar-refractivity contribution in [3.05, 3.63) is 87.8 Å². The third-order valence-corrected chi connectivity index (χ3v) is 19.0. The van der Waals surface area contributed by atoms with E-state index < -0.39 is 0 Å². The first-order valence-electron chi connectivity index (χ1n) is 27.2. The van der Waals surface area contributed by atoms with Crippen molar-refractivity contribution in [2.45, 2.75) is 227 Å². The zero-order valence-electron chi connectivity index (χ0n) is 43.1. The molecule has 0 N–H and O–H groups in total. The first-order chi connectivity index (χ1) is 32.7. The number of aromatic nitrogens is 2. The van der Waals surface area contributed by atoms with Crippen molar-refractivity contribution in [3.8, 4) is 48.2 Å². The van der Waals surface area contributed by atoms with Crippen LogP contribution in [0.25, 0.3) is 53.5 Å². The van der Waals surface area contributed by atoms with Gasteiger partial charge in [-0.1, -0.05) is 176 Å². The highest BCUT2D eigenvalue weighted by molar-refractivity contribution is 7.19. The molecule has 1 atom stereocenters. The Bertz CT molecular complexity index is 2470. The molecular weight excluding hydrogens is 873 g/mol. The maximum absolute atomic E-state index is 7.58. The van der Waals surface area contributed by atoms with Gasteiger partial charge >= 0.3 is 0 Å². The molecule has 1 aliphatic heterocycles. The molecule has 1 unspecified atom stereocenters. The molecule has 0 radical (unpaired) electrons. The molecule has 0 amide bonds. The van der Waals surface area contributed by atoms with E-state index in [2.05, 4.69) is 123 Å². The molecule has 7 rings (SSSR count). The van der Waals surface area contributed by atoms with Crippen LogP contribution in [0.15, 0.2) is 60.7 Å². The Morgan fingerprint density at radius 2 is 1.10 bits per heavy atom. The highest BCUT2D eigenvalue weighted by Crippen LogP contribution is 2.53. The van der Waals surface area contributed by atoms with Crippen LogP contribution in [-0.2, 0) is 23.9 Å². The average molecular weight is 958 g/mol. The molecule has 0 bridgehead atoms. The van der Waals surface area contributed by atoms with E-state index in [0.717, 1.165) is 61.7 Å². The van der Waals surface area contributed by atoms with E-state index in [0.29, 0.717) is 5.92 Å². The Labute approximate surface area is 419 Å². The molecule has 0 fully saturated rings. The van der Waals surface area contributed by atoms with Gasteiger partial charge in [0.1, 0.15) is 22.4 Å². The van der Waals surface area contributed by atoms with Crippen LogP contribution in [0, 0.1) is 0 Å². The zero-order chi connectivity index (χ0) is 47.4. The predicted octanol–water partition coefficient (Wildman–Crippen LogP) is 20.8. The van der Waals surface area contributed by atoms with Gasteiger partial charge in [-0.2, -0.15) is 8.75 Å². The number of thiophene rings is 2. The van der Waals surface area contributed by atoms with Gasteiger partial charge in [0.15, 0.2) is 0 Å². The number of hydrogen-bond donors (Lipinski definition) is 0. The van der Waals surface area contributed by atoms with Crippen LogP contribution in [-0.4, -0.2) is 8.75 Å². The summed E-state index contributed by atoms with van der Waals surface area (Å²) in [7, 11) is 0. The van der Waals surface area contributed by atoms with E-state index in [4.69, 9.17) is 13.5 Å². The van der Waals surface area contributed by atoms with E-state index in [1.165, 1.54) is 174 Å². The highest BCUT2D eigenvalue weighted by Gasteiger charge is 2.41. The molecule has 362 valence electrons. The summed E-state index contributed by atoms with van der Waals surface area (Å²) < 4.78 is 17.7. The summed E-state index contributed by atoms with van der Waals surface area (Å²) in [4.78, 5) is 5.65. The summed E-state index contributed by atoms with van der Waals surface area (Å²) in [6.45, 7) is 21.1. The minimum absolute atomic E-state index is 0.191. The van der Waals surface area contributed by atoms with Crippen molar-refractivity contribution in [1.82, 2.24) is 8.75 Å². The van der Waals surface area contributed by atoms with E-state index in [1.54, 1.807) is 10.4 Å². The summed E-state index contributed by atoms with van der Waals surface area (Å²) in [6, 6.07) is 24.4. The fraction of sp³-hybridized carbons (Fsp3) is 0.574. The minimum Gasteiger partial charge on any atom is -0.482 e. The Morgan fingerprint density at radius 3 is 1.69 bits per heavy atom. The number of nitrogens with zero attached hydrogens (tertiary/aromatic N) is 2. The maximum atomic E-state index is 7.58. The Balaban J connectivity index is 1.33. The first-order valence-corrected chi connectivity index (χ1v) is 29.5. The van der Waals surface area contributed by atoms with Gasteiger partial charge in [0, 0.05) is 47.2 Å². The van der Waals surface area contributed by atoms with Crippen molar-refractivity contribution in [2.75, 3.05) is 0 Å². The topological polar surface area (TPSA) is 35.0 Å². The fourth-order valence-corrected chi connectivity index (χ4v) is 14.0. The molecule has 6 aromatic rings. The number of hydrogen-bond acceptors (Lipinski definition) is 6. The molecule has 67 heavy (non-hydrogen) atoms. The lowest BCUT2D eigenvalue weighted by Gasteiger charge is -2.41. The zero-order valence-corrected chi connectivity index (χ0v) is 45.6. The second kappa shape index (κ2) is 24.5. The number of fused-ring (bicyclic) bond motifs is 4. The summed E-state index contributed by atoms with van der Waals surface area (Å²) >= 11 is 5.36. The molecule has 4 heterocycles. The second-order valence-corrected chi connectivity index (χ2v) is 23.1. The van der Waals surface area contributed by atoms with Crippen molar-refractivity contribution >= 4 is 45.4 Å². The molecule has 3 nitrogen and oxygen atoms in total. The van der Waals surface area contributed by atoms with Crippen molar-refractivity contribution in [1.29, 1.82) is 0 Å². The molecular formula is C61H84N2OS3. The van der Waals surface area contributed by atoms with Gasteiger partial charge in [-0.25, -0.2) is 0 Å². The van der Waals surface area contributed by atoms with E-state index in [9.17, 15) is 0 Å². The standard InChI is InChI=1S/C61H84N2OS3/c1-10-17-21-25-29-45-41-54(50-35-36-51(57-56(50)62-67-63-57)55-42-47(30-26-22-18-11-2)59(66-55)60(9,15-6)16-7)65-58(45)46-32-33-48-49-34-31-44(43(8)14-5)40-53(49)64-61(52(48)39-46,37-27-23-19-12-3)38-28-24-20-13-4/h31-36,39-43H,10-30,37-38H2,1-9H3. The third kappa shape index (κ3) is 11.7. The lowest BCUT2D eigenvalue weighted by molar-refractivity contribution is 0.0386. The lowest BCUT2D eigenvalue weighted by atomic mass is 9.76. The maximum Gasteiger partial charge on any atom is 0.135 e. The van der Waals surface area contributed by atoms with Gasteiger partial charge in [0.2, 0.25) is 0 Å². The quantitative estimate of drug-likeness (QED) is 0.0460. The van der Waals surface area contributed by atoms with Crippen LogP contribution in [0.3, 0.4) is 0 Å². The predicted molar refractivity (Wildman–Crippen MR) is 297 cm³/mol. The van der Waals surface area contributed by atoms with Crippen molar-refractivity contribution in [3.63, 3.8) is 0 Å². The van der Waals surface area contributed by atoms with Gasteiger partial charge in [0.05, 0.1) is 11.7 Å². The Kier molecular flexibility index (Phi) is 18.8. The summed E-state index contributed by atoms with van der Waals surface area (Å²) in [5, 5.41) is 0. The minimum atomic E-state index is -0.341. The van der Waals surface area contributed by atoms with Crippen LogP contribution >= 0.6 is 34.4 Å². The fourth-order valence-electron chi connectivity index (χ4n) is 10.7. The molecule has 0 aliphatic carbocycles. The number of rotatable bonds is 28. The van der Waals surface area contributed by atoms with Gasteiger partial charge in [-0.3, -0.25) is 0 Å². The van der Waals surface area contributed by atoms with Crippen LogP contribution < -0.4 is 4.74 Å². The third-order valence-electron chi connectivity index (χ3n) is 15.7. The van der Waals surface area contributed by atoms with Gasteiger partial charge < -0.3 is 4.74 Å². The smallest absolute Gasteiger partial charge is 0.135 e. The molecule has 0 spiro atoms. The molecule has 0 saturated carbocycles. The van der Waals surface area contributed by atoms with Crippen molar-refractivity contribution in [2.24, 2.45) is 0 Å². The number of ether oxygens (including phenoxy) is 1. The molecule has 0 saturated heterocycles. The monoisotopic (exact) mass is 957 g/mol. The van der Waals surface area contributed by atoms with Gasteiger partial charge in [-0.05, 0) is 129 Å². The van der Waals surface area contributed by atoms with E-state index >= 15 is 0 Å². The number of aryl methyl sites for hydroxylation is 2. The average Bonchev–Trinajstić information content (AvgIpc) is 4.13. The summed E-state index contributed by atoms with van der Waals surface area (Å²) in [5.74, 6) is 1.60. The van der Waals surface area contributed by atoms with Crippen LogP contribution in [0.5, 0.6) is 5.75 Å². The highest BCUT2D eigenvalue weighted by atomic mass is 32.1. The van der Waals surface area contributed by atoms with E-state index in [-0.39, 0.29) is 11.0 Å². The number of benzene rings is 3. The Hall–Kier alpha value is -3.32. The first kappa shape index (κ1) is 51.5. The van der Waals surface area contributed by atoms with Gasteiger partial charge in [-0.15, -0.1) is 22.7 Å². The van der Waals surface area contributed by atoms with Crippen molar-refractivity contribution < 1.29 is 4.74 Å². The normalized spacial score (nSPS) is 13.8. The molecule has 1 aliphatic rings. The number of unbranched alkanes of at least 4 members (excludes halogenated alkanes) is 12. The summed E-state index contributed by atoms with van der Waals surface area (Å²) in [6.07, 6.45) is 27.9. The lowest BCUT2D eigenvalue weighted by Crippen LogP contribution is -2.36. The van der Waals surface area contributed by atoms with Gasteiger partial charge in [0.25, 0.3) is 0 Å². The van der Waals surface area contributed by atoms with E-state index in [1.807, 2.05) is 22.7 Å². The summed E-state index contributed by atoms with van der Waals surface area (Å²) in [5.41, 5.74) is 14.2. The molecule has 6 heteroatoms. The SMILES string of the molecule is CCCCCCc1cc(-c2ccc(-c3cc(CCCCCC)c(C(C)(CC)CC)s3)c3nsnc23)sc1-c1ccc2c(c1)C(CCCCCC)(CCCCCC)Oc1cc(C(C)CC)ccc1-2. The van der Waals surface area contributed by atoms with Crippen LogP contribution in [0.4, 0.5) is 0 Å². The molecule has 3 aromatic heterocycles.